The number of hydrogen-bond acceptors (Lipinski definition) is 4. The summed E-state index contributed by atoms with van der Waals surface area (Å²) in [6.45, 7) is 0. The molecule has 3 aromatic heterocycles. The van der Waals surface area contributed by atoms with Crippen molar-refractivity contribution in [2.24, 2.45) is 0 Å². The van der Waals surface area contributed by atoms with Crippen molar-refractivity contribution in [2.45, 2.75) is 0 Å². The van der Waals surface area contributed by atoms with Crippen molar-refractivity contribution in [2.75, 3.05) is 5.32 Å². The lowest BCUT2D eigenvalue weighted by Gasteiger charge is -2.09. The zero-order valence-corrected chi connectivity index (χ0v) is 13.0. The Morgan fingerprint density at radius 3 is 2.88 bits per heavy atom. The fraction of sp³-hybridized carbons (Fsp3) is 0. The average Bonchev–Trinajstić information content (AvgIpc) is 3.07. The van der Waals surface area contributed by atoms with Gasteiger partial charge in [0.15, 0.2) is 0 Å². The summed E-state index contributed by atoms with van der Waals surface area (Å²) in [6.07, 6.45) is 4.87. The number of benzene rings is 1. The van der Waals surface area contributed by atoms with Crippen molar-refractivity contribution < 1.29 is 4.39 Å². The highest BCUT2D eigenvalue weighted by Gasteiger charge is 2.09. The van der Waals surface area contributed by atoms with E-state index in [0.717, 1.165) is 16.7 Å². The molecule has 0 aliphatic heterocycles. The molecule has 0 saturated carbocycles. The smallest absolute Gasteiger partial charge is 0.143 e. The first-order chi connectivity index (χ1) is 11.7. The van der Waals surface area contributed by atoms with E-state index in [2.05, 4.69) is 25.3 Å². The Hall–Kier alpha value is -2.99. The third-order valence-corrected chi connectivity index (χ3v) is 3.82. The van der Waals surface area contributed by atoms with Gasteiger partial charge in [0.1, 0.15) is 23.6 Å². The number of aromatic nitrogens is 4. The maximum atomic E-state index is 14.0. The number of halogens is 2. The molecule has 0 fully saturated rings. The molecule has 4 rings (SSSR count). The van der Waals surface area contributed by atoms with Crippen molar-refractivity contribution in [1.29, 1.82) is 0 Å². The normalized spacial score (nSPS) is 10.9. The van der Waals surface area contributed by atoms with E-state index in [4.69, 9.17) is 11.6 Å². The minimum absolute atomic E-state index is 0.348. The van der Waals surface area contributed by atoms with Gasteiger partial charge in [0, 0.05) is 28.7 Å². The van der Waals surface area contributed by atoms with Crippen LogP contribution in [0.15, 0.2) is 55.1 Å². The molecule has 2 N–H and O–H groups in total. The van der Waals surface area contributed by atoms with Gasteiger partial charge in [-0.2, -0.15) is 0 Å². The van der Waals surface area contributed by atoms with E-state index in [-0.39, 0.29) is 5.82 Å². The van der Waals surface area contributed by atoms with E-state index in [9.17, 15) is 4.39 Å². The van der Waals surface area contributed by atoms with Gasteiger partial charge in [-0.15, -0.1) is 0 Å². The number of nitrogens with zero attached hydrogens (tertiary/aromatic N) is 3. The SMILES string of the molecule is Fc1ccc(Cl)cc1-c1cc(Nc2ncnc3[nH]ccc23)ccn1. The molecule has 0 spiro atoms. The zero-order valence-electron chi connectivity index (χ0n) is 12.3. The number of pyridine rings is 1. The summed E-state index contributed by atoms with van der Waals surface area (Å²) in [5, 5.41) is 4.53. The first kappa shape index (κ1) is 14.6. The summed E-state index contributed by atoms with van der Waals surface area (Å²) in [6, 6.07) is 9.80. The van der Waals surface area contributed by atoms with E-state index in [0.29, 0.717) is 22.1 Å². The summed E-state index contributed by atoms with van der Waals surface area (Å²) in [5.41, 5.74) is 2.31. The molecule has 0 atom stereocenters. The lowest BCUT2D eigenvalue weighted by molar-refractivity contribution is 0.631. The van der Waals surface area contributed by atoms with E-state index >= 15 is 0 Å². The second-order valence-electron chi connectivity index (χ2n) is 5.14. The Kier molecular flexibility index (Phi) is 3.59. The van der Waals surface area contributed by atoms with Gasteiger partial charge in [0.25, 0.3) is 0 Å². The molecule has 0 radical (unpaired) electrons. The van der Waals surface area contributed by atoms with Crippen LogP contribution in [-0.2, 0) is 0 Å². The Labute approximate surface area is 141 Å². The van der Waals surface area contributed by atoms with Crippen LogP contribution in [0.4, 0.5) is 15.9 Å². The van der Waals surface area contributed by atoms with Gasteiger partial charge in [-0.25, -0.2) is 14.4 Å². The molecule has 118 valence electrons. The van der Waals surface area contributed by atoms with Crippen molar-refractivity contribution in [1.82, 2.24) is 19.9 Å². The summed E-state index contributed by atoms with van der Waals surface area (Å²) < 4.78 is 14.0. The van der Waals surface area contributed by atoms with Crippen molar-refractivity contribution in [3.05, 3.63) is 66.0 Å². The van der Waals surface area contributed by atoms with Crippen LogP contribution in [-0.4, -0.2) is 19.9 Å². The highest BCUT2D eigenvalue weighted by Crippen LogP contribution is 2.28. The van der Waals surface area contributed by atoms with Gasteiger partial charge in [-0.3, -0.25) is 4.98 Å². The number of anilines is 2. The summed E-state index contributed by atoms with van der Waals surface area (Å²) in [4.78, 5) is 15.7. The first-order valence-electron chi connectivity index (χ1n) is 7.17. The molecule has 24 heavy (non-hydrogen) atoms. The second-order valence-corrected chi connectivity index (χ2v) is 5.58. The summed E-state index contributed by atoms with van der Waals surface area (Å²) >= 11 is 5.96. The maximum Gasteiger partial charge on any atom is 0.143 e. The first-order valence-corrected chi connectivity index (χ1v) is 7.55. The van der Waals surface area contributed by atoms with Gasteiger partial charge in [-0.1, -0.05) is 11.6 Å². The molecule has 0 aliphatic carbocycles. The molecule has 7 heteroatoms. The molecule has 3 heterocycles. The van der Waals surface area contributed by atoms with Crippen LogP contribution < -0.4 is 5.32 Å². The molecular formula is C17H11ClFN5. The van der Waals surface area contributed by atoms with E-state index in [1.807, 2.05) is 6.07 Å². The number of nitrogens with one attached hydrogen (secondary N) is 2. The van der Waals surface area contributed by atoms with Gasteiger partial charge in [0.05, 0.1) is 11.1 Å². The van der Waals surface area contributed by atoms with Crippen molar-refractivity contribution in [3.8, 4) is 11.3 Å². The molecule has 1 aromatic carbocycles. The Bertz CT molecular complexity index is 1030. The van der Waals surface area contributed by atoms with Gasteiger partial charge in [0.2, 0.25) is 0 Å². The summed E-state index contributed by atoms with van der Waals surface area (Å²) in [7, 11) is 0. The standard InChI is InChI=1S/C17H11ClFN5/c18-10-1-2-14(19)13(7-10)15-8-11(3-5-20-15)24-17-12-4-6-21-16(12)22-9-23-17/h1-9H,(H2,20,21,22,23,24). The van der Waals surface area contributed by atoms with Crippen LogP contribution in [0.1, 0.15) is 0 Å². The molecule has 0 aliphatic rings. The second kappa shape index (κ2) is 5.90. The predicted molar refractivity (Wildman–Crippen MR) is 91.8 cm³/mol. The molecule has 5 nitrogen and oxygen atoms in total. The molecule has 0 unspecified atom stereocenters. The lowest BCUT2D eigenvalue weighted by Crippen LogP contribution is -1.96. The Morgan fingerprint density at radius 1 is 1.04 bits per heavy atom. The fourth-order valence-electron chi connectivity index (χ4n) is 2.46. The van der Waals surface area contributed by atoms with Crippen LogP contribution in [0.5, 0.6) is 0 Å². The van der Waals surface area contributed by atoms with Crippen molar-refractivity contribution >= 4 is 34.1 Å². The zero-order chi connectivity index (χ0) is 16.5. The van der Waals surface area contributed by atoms with Crippen LogP contribution >= 0.6 is 11.6 Å². The summed E-state index contributed by atoms with van der Waals surface area (Å²) in [5.74, 6) is 0.282. The highest BCUT2D eigenvalue weighted by atomic mass is 35.5. The number of aromatic amines is 1. The Morgan fingerprint density at radius 2 is 1.96 bits per heavy atom. The topological polar surface area (TPSA) is 66.5 Å². The highest BCUT2D eigenvalue weighted by molar-refractivity contribution is 6.30. The van der Waals surface area contributed by atoms with Gasteiger partial charge >= 0.3 is 0 Å². The van der Waals surface area contributed by atoms with Gasteiger partial charge < -0.3 is 10.3 Å². The van der Waals surface area contributed by atoms with Crippen LogP contribution in [0, 0.1) is 5.82 Å². The number of fused-ring (bicyclic) bond motifs is 1. The molecule has 0 bridgehead atoms. The van der Waals surface area contributed by atoms with E-state index in [1.54, 1.807) is 30.6 Å². The van der Waals surface area contributed by atoms with Crippen LogP contribution in [0.2, 0.25) is 5.02 Å². The maximum absolute atomic E-state index is 14.0. The number of H-pyrrole nitrogens is 1. The van der Waals surface area contributed by atoms with E-state index < -0.39 is 0 Å². The number of rotatable bonds is 3. The molecule has 0 amide bonds. The fourth-order valence-corrected chi connectivity index (χ4v) is 2.63. The minimum atomic E-state index is -0.376. The quantitative estimate of drug-likeness (QED) is 0.574. The Balaban J connectivity index is 1.73. The number of hydrogen-bond donors (Lipinski definition) is 2. The van der Waals surface area contributed by atoms with Crippen LogP contribution in [0.3, 0.4) is 0 Å². The van der Waals surface area contributed by atoms with Gasteiger partial charge in [-0.05, 0) is 36.4 Å². The monoisotopic (exact) mass is 339 g/mol. The van der Waals surface area contributed by atoms with Crippen LogP contribution in [0.25, 0.3) is 22.3 Å². The molecule has 0 saturated heterocycles. The van der Waals surface area contributed by atoms with E-state index in [1.165, 1.54) is 18.5 Å². The van der Waals surface area contributed by atoms with Crippen molar-refractivity contribution in [3.63, 3.8) is 0 Å². The average molecular weight is 340 g/mol. The third kappa shape index (κ3) is 2.68. The minimum Gasteiger partial charge on any atom is -0.346 e. The molecule has 4 aromatic rings. The largest absolute Gasteiger partial charge is 0.346 e. The molecular weight excluding hydrogens is 329 g/mol. The lowest BCUT2D eigenvalue weighted by atomic mass is 10.1. The predicted octanol–water partition coefficient (Wildman–Crippen LogP) is 4.56. The third-order valence-electron chi connectivity index (χ3n) is 3.58.